The molecular formula is C13H22N2O. The largest absolute Gasteiger partial charge is 0.380 e. The maximum atomic E-state index is 6.15. The van der Waals surface area contributed by atoms with E-state index in [-0.39, 0.29) is 6.04 Å². The van der Waals surface area contributed by atoms with Crippen LogP contribution in [0.25, 0.3) is 0 Å². The van der Waals surface area contributed by atoms with Gasteiger partial charge >= 0.3 is 0 Å². The zero-order valence-corrected chi connectivity index (χ0v) is 10.1. The van der Waals surface area contributed by atoms with Gasteiger partial charge in [-0.25, -0.2) is 0 Å². The Hall–Kier alpha value is -0.800. The van der Waals surface area contributed by atoms with Crippen LogP contribution in [-0.2, 0) is 11.3 Å². The summed E-state index contributed by atoms with van der Waals surface area (Å²) in [4.78, 5) is 0. The van der Waals surface area contributed by atoms with Gasteiger partial charge in [0.25, 0.3) is 0 Å². The van der Waals surface area contributed by atoms with Crippen LogP contribution in [0.1, 0.15) is 37.8 Å². The van der Waals surface area contributed by atoms with E-state index in [1.165, 1.54) is 18.4 Å². The molecule has 1 saturated carbocycles. The van der Waals surface area contributed by atoms with Gasteiger partial charge in [0.15, 0.2) is 0 Å². The number of nitrogens with zero attached hydrogens (tertiary/aromatic N) is 1. The summed E-state index contributed by atoms with van der Waals surface area (Å²) in [5, 5.41) is 0. The SMILES string of the molecule is CCCOCCn1ccc(C(N)C2CC2)c1. The van der Waals surface area contributed by atoms with Gasteiger partial charge in [0.05, 0.1) is 6.61 Å². The van der Waals surface area contributed by atoms with E-state index in [0.29, 0.717) is 0 Å². The van der Waals surface area contributed by atoms with E-state index in [2.05, 4.69) is 30.0 Å². The molecule has 1 aliphatic carbocycles. The van der Waals surface area contributed by atoms with Crippen molar-refractivity contribution in [2.75, 3.05) is 13.2 Å². The van der Waals surface area contributed by atoms with Crippen LogP contribution in [0.5, 0.6) is 0 Å². The van der Waals surface area contributed by atoms with Crippen LogP contribution in [0.3, 0.4) is 0 Å². The third kappa shape index (κ3) is 3.09. The molecule has 0 aliphatic heterocycles. The van der Waals surface area contributed by atoms with E-state index in [9.17, 15) is 0 Å². The van der Waals surface area contributed by atoms with Crippen LogP contribution in [0.15, 0.2) is 18.5 Å². The smallest absolute Gasteiger partial charge is 0.0645 e. The number of rotatable bonds is 7. The van der Waals surface area contributed by atoms with Crippen molar-refractivity contribution in [1.82, 2.24) is 4.57 Å². The van der Waals surface area contributed by atoms with Crippen molar-refractivity contribution < 1.29 is 4.74 Å². The topological polar surface area (TPSA) is 40.2 Å². The van der Waals surface area contributed by atoms with Crippen molar-refractivity contribution in [2.45, 2.75) is 38.8 Å². The molecule has 0 amide bonds. The Morgan fingerprint density at radius 3 is 3.00 bits per heavy atom. The van der Waals surface area contributed by atoms with Gasteiger partial charge in [0, 0.05) is 31.6 Å². The highest BCUT2D eigenvalue weighted by Crippen LogP contribution is 2.39. The fourth-order valence-electron chi connectivity index (χ4n) is 1.94. The first-order chi connectivity index (χ1) is 7.81. The summed E-state index contributed by atoms with van der Waals surface area (Å²) in [5.41, 5.74) is 7.42. The maximum Gasteiger partial charge on any atom is 0.0645 e. The summed E-state index contributed by atoms with van der Waals surface area (Å²) in [6.07, 6.45) is 7.95. The van der Waals surface area contributed by atoms with Crippen LogP contribution in [0.2, 0.25) is 0 Å². The lowest BCUT2D eigenvalue weighted by Gasteiger charge is -2.07. The third-order valence-electron chi connectivity index (χ3n) is 3.13. The molecule has 0 bridgehead atoms. The third-order valence-corrected chi connectivity index (χ3v) is 3.13. The summed E-state index contributed by atoms with van der Waals surface area (Å²) in [5.74, 6) is 0.729. The molecule has 90 valence electrons. The molecule has 2 N–H and O–H groups in total. The van der Waals surface area contributed by atoms with Crippen LogP contribution >= 0.6 is 0 Å². The second-order valence-electron chi connectivity index (χ2n) is 4.66. The second-order valence-corrected chi connectivity index (χ2v) is 4.66. The zero-order chi connectivity index (χ0) is 11.4. The first-order valence-electron chi connectivity index (χ1n) is 6.30. The molecule has 1 fully saturated rings. The first-order valence-corrected chi connectivity index (χ1v) is 6.30. The molecule has 1 aromatic heterocycles. The van der Waals surface area contributed by atoms with Gasteiger partial charge in [-0.05, 0) is 36.8 Å². The average Bonchev–Trinajstić information content (AvgIpc) is 3.03. The maximum absolute atomic E-state index is 6.15. The molecule has 1 aliphatic rings. The molecule has 3 heteroatoms. The van der Waals surface area contributed by atoms with Crippen LogP contribution in [0.4, 0.5) is 0 Å². The Morgan fingerprint density at radius 1 is 1.50 bits per heavy atom. The molecule has 0 radical (unpaired) electrons. The summed E-state index contributed by atoms with van der Waals surface area (Å²) < 4.78 is 7.64. The van der Waals surface area contributed by atoms with Crippen LogP contribution in [-0.4, -0.2) is 17.8 Å². The van der Waals surface area contributed by atoms with Crippen molar-refractivity contribution >= 4 is 0 Å². The Morgan fingerprint density at radius 2 is 2.31 bits per heavy atom. The van der Waals surface area contributed by atoms with Crippen molar-refractivity contribution in [3.05, 3.63) is 24.0 Å². The summed E-state index contributed by atoms with van der Waals surface area (Å²) in [7, 11) is 0. The van der Waals surface area contributed by atoms with E-state index in [0.717, 1.165) is 32.1 Å². The van der Waals surface area contributed by atoms with E-state index in [1.54, 1.807) is 0 Å². The Labute approximate surface area is 97.6 Å². The van der Waals surface area contributed by atoms with Crippen molar-refractivity contribution in [2.24, 2.45) is 11.7 Å². The van der Waals surface area contributed by atoms with Crippen LogP contribution < -0.4 is 5.73 Å². The highest BCUT2D eigenvalue weighted by atomic mass is 16.5. The molecule has 1 atom stereocenters. The molecule has 0 spiro atoms. The normalized spacial score (nSPS) is 17.6. The van der Waals surface area contributed by atoms with Crippen molar-refractivity contribution in [1.29, 1.82) is 0 Å². The molecular weight excluding hydrogens is 200 g/mol. The van der Waals surface area contributed by atoms with Gasteiger partial charge in [-0.1, -0.05) is 6.92 Å². The summed E-state index contributed by atoms with van der Waals surface area (Å²) in [6.45, 7) is 4.70. The van der Waals surface area contributed by atoms with Crippen molar-refractivity contribution in [3.63, 3.8) is 0 Å². The van der Waals surface area contributed by atoms with E-state index in [1.807, 2.05) is 0 Å². The standard InChI is InChI=1S/C13H22N2O/c1-2-8-16-9-7-15-6-5-12(10-15)13(14)11-3-4-11/h5-6,10-11,13H,2-4,7-9,14H2,1H3. The second kappa shape index (κ2) is 5.51. The quantitative estimate of drug-likeness (QED) is 0.719. The van der Waals surface area contributed by atoms with Gasteiger partial charge in [0.2, 0.25) is 0 Å². The number of hydrogen-bond donors (Lipinski definition) is 1. The Kier molecular flexibility index (Phi) is 4.02. The highest BCUT2D eigenvalue weighted by Gasteiger charge is 2.29. The monoisotopic (exact) mass is 222 g/mol. The van der Waals surface area contributed by atoms with E-state index >= 15 is 0 Å². The predicted molar refractivity (Wildman–Crippen MR) is 65.2 cm³/mol. The molecule has 3 nitrogen and oxygen atoms in total. The minimum atomic E-state index is 0.248. The summed E-state index contributed by atoms with van der Waals surface area (Å²) in [6, 6.07) is 2.39. The molecule has 0 saturated heterocycles. The molecule has 1 heterocycles. The fraction of sp³-hybridized carbons (Fsp3) is 0.692. The Balaban J connectivity index is 1.77. The summed E-state index contributed by atoms with van der Waals surface area (Å²) >= 11 is 0. The zero-order valence-electron chi connectivity index (χ0n) is 10.1. The number of nitrogens with two attached hydrogens (primary N) is 1. The van der Waals surface area contributed by atoms with Gasteiger partial charge < -0.3 is 15.0 Å². The minimum absolute atomic E-state index is 0.248. The van der Waals surface area contributed by atoms with Gasteiger partial charge in [-0.15, -0.1) is 0 Å². The lowest BCUT2D eigenvalue weighted by Crippen LogP contribution is -2.11. The fourth-order valence-corrected chi connectivity index (χ4v) is 1.94. The lowest BCUT2D eigenvalue weighted by atomic mass is 10.1. The van der Waals surface area contributed by atoms with Gasteiger partial charge in [0.1, 0.15) is 0 Å². The van der Waals surface area contributed by atoms with Crippen molar-refractivity contribution in [3.8, 4) is 0 Å². The molecule has 2 rings (SSSR count). The number of hydrogen-bond acceptors (Lipinski definition) is 2. The molecule has 16 heavy (non-hydrogen) atoms. The average molecular weight is 222 g/mol. The minimum Gasteiger partial charge on any atom is -0.380 e. The number of ether oxygens (including phenoxy) is 1. The van der Waals surface area contributed by atoms with E-state index < -0.39 is 0 Å². The molecule has 1 aromatic rings. The molecule has 1 unspecified atom stereocenters. The van der Waals surface area contributed by atoms with Gasteiger partial charge in [-0.3, -0.25) is 0 Å². The highest BCUT2D eigenvalue weighted by molar-refractivity contribution is 5.17. The predicted octanol–water partition coefficient (Wildman–Crippen LogP) is 2.32. The first kappa shape index (κ1) is 11.7. The number of aromatic nitrogens is 1. The van der Waals surface area contributed by atoms with E-state index in [4.69, 9.17) is 10.5 Å². The molecule has 0 aromatic carbocycles. The van der Waals surface area contributed by atoms with Gasteiger partial charge in [-0.2, -0.15) is 0 Å². The van der Waals surface area contributed by atoms with Crippen LogP contribution in [0, 0.1) is 5.92 Å². The lowest BCUT2D eigenvalue weighted by molar-refractivity contribution is 0.127. The Bertz CT molecular complexity index is 317.